The molecule has 0 bridgehead atoms. The SMILES string of the molecule is [B]CCC(CCCC)CCCCC. The summed E-state index contributed by atoms with van der Waals surface area (Å²) < 4.78 is 0. The maximum atomic E-state index is 5.61. The molecule has 1 heteroatoms. The average Bonchev–Trinajstić information content (AvgIpc) is 2.14. The van der Waals surface area contributed by atoms with Gasteiger partial charge in [-0.1, -0.05) is 71.5 Å². The number of hydrogen-bond donors (Lipinski definition) is 0. The van der Waals surface area contributed by atoms with Gasteiger partial charge in [-0.15, -0.1) is 0 Å². The molecule has 0 aliphatic carbocycles. The molecule has 0 heterocycles. The van der Waals surface area contributed by atoms with E-state index in [0.717, 1.165) is 12.2 Å². The van der Waals surface area contributed by atoms with Crippen molar-refractivity contribution < 1.29 is 0 Å². The Labute approximate surface area is 85.9 Å². The van der Waals surface area contributed by atoms with E-state index in [1.165, 1.54) is 51.4 Å². The molecule has 0 aliphatic heterocycles. The molecule has 2 radical (unpaired) electrons. The second-order valence-corrected chi connectivity index (χ2v) is 4.08. The summed E-state index contributed by atoms with van der Waals surface area (Å²) in [7, 11) is 5.61. The van der Waals surface area contributed by atoms with Crippen molar-refractivity contribution in [3.63, 3.8) is 0 Å². The number of unbranched alkanes of at least 4 members (excludes halogenated alkanes) is 3. The van der Waals surface area contributed by atoms with Crippen LogP contribution < -0.4 is 0 Å². The van der Waals surface area contributed by atoms with Crippen LogP contribution in [0.15, 0.2) is 0 Å². The fraction of sp³-hybridized carbons (Fsp3) is 1.00. The fourth-order valence-electron chi connectivity index (χ4n) is 1.84. The van der Waals surface area contributed by atoms with Crippen molar-refractivity contribution in [3.05, 3.63) is 0 Å². The minimum Gasteiger partial charge on any atom is -0.0884 e. The maximum absolute atomic E-state index is 5.61. The van der Waals surface area contributed by atoms with Crippen LogP contribution in [-0.4, -0.2) is 7.85 Å². The topological polar surface area (TPSA) is 0 Å². The van der Waals surface area contributed by atoms with Gasteiger partial charge in [0.1, 0.15) is 0 Å². The van der Waals surface area contributed by atoms with Crippen molar-refractivity contribution in [3.8, 4) is 0 Å². The Kier molecular flexibility index (Phi) is 10.2. The lowest BCUT2D eigenvalue weighted by atomic mass is 9.86. The molecule has 0 aromatic rings. The van der Waals surface area contributed by atoms with Crippen molar-refractivity contribution in [2.75, 3.05) is 0 Å². The van der Waals surface area contributed by atoms with E-state index >= 15 is 0 Å². The van der Waals surface area contributed by atoms with Gasteiger partial charge in [-0.2, -0.15) is 0 Å². The summed E-state index contributed by atoms with van der Waals surface area (Å²) in [6, 6.07) is 0. The monoisotopic (exact) mass is 180 g/mol. The van der Waals surface area contributed by atoms with Gasteiger partial charge in [0.05, 0.1) is 7.85 Å². The molecule has 0 aliphatic rings. The van der Waals surface area contributed by atoms with Crippen LogP contribution in [0.5, 0.6) is 0 Å². The fourth-order valence-corrected chi connectivity index (χ4v) is 1.84. The highest BCUT2D eigenvalue weighted by molar-refractivity contribution is 6.08. The highest BCUT2D eigenvalue weighted by Crippen LogP contribution is 2.21. The van der Waals surface area contributed by atoms with E-state index in [1.807, 2.05) is 0 Å². The van der Waals surface area contributed by atoms with Crippen LogP contribution in [-0.2, 0) is 0 Å². The van der Waals surface area contributed by atoms with Gasteiger partial charge in [0, 0.05) is 0 Å². The smallest absolute Gasteiger partial charge is 0.0653 e. The Morgan fingerprint density at radius 3 is 2.00 bits per heavy atom. The largest absolute Gasteiger partial charge is 0.0884 e. The van der Waals surface area contributed by atoms with Gasteiger partial charge in [0.15, 0.2) is 0 Å². The van der Waals surface area contributed by atoms with E-state index < -0.39 is 0 Å². The van der Waals surface area contributed by atoms with Gasteiger partial charge >= 0.3 is 0 Å². The predicted octanol–water partition coefficient (Wildman–Crippen LogP) is 4.35. The van der Waals surface area contributed by atoms with Crippen LogP contribution >= 0.6 is 0 Å². The molecular weight excluding hydrogens is 155 g/mol. The Balaban J connectivity index is 3.41. The number of rotatable bonds is 9. The zero-order valence-electron chi connectivity index (χ0n) is 9.52. The molecule has 0 aromatic heterocycles. The molecule has 0 spiro atoms. The van der Waals surface area contributed by atoms with E-state index in [1.54, 1.807) is 0 Å². The molecule has 0 aromatic carbocycles. The first-order valence-electron chi connectivity index (χ1n) is 6.05. The van der Waals surface area contributed by atoms with Gasteiger partial charge in [0.2, 0.25) is 0 Å². The van der Waals surface area contributed by atoms with E-state index in [0.29, 0.717) is 0 Å². The summed E-state index contributed by atoms with van der Waals surface area (Å²) in [5.41, 5.74) is 0. The summed E-state index contributed by atoms with van der Waals surface area (Å²) in [5.74, 6) is 0.913. The van der Waals surface area contributed by atoms with Gasteiger partial charge < -0.3 is 0 Å². The lowest BCUT2D eigenvalue weighted by molar-refractivity contribution is 0.404. The Morgan fingerprint density at radius 1 is 0.846 bits per heavy atom. The van der Waals surface area contributed by atoms with Crippen LogP contribution in [0, 0.1) is 5.92 Å². The zero-order valence-corrected chi connectivity index (χ0v) is 9.52. The summed E-state index contributed by atoms with van der Waals surface area (Å²) in [4.78, 5) is 0. The first kappa shape index (κ1) is 13.1. The van der Waals surface area contributed by atoms with E-state index in [9.17, 15) is 0 Å². The molecule has 0 rings (SSSR count). The van der Waals surface area contributed by atoms with Crippen LogP contribution in [0.25, 0.3) is 0 Å². The summed E-state index contributed by atoms with van der Waals surface area (Å²) >= 11 is 0. The van der Waals surface area contributed by atoms with Gasteiger partial charge in [0.25, 0.3) is 0 Å². The normalized spacial score (nSPS) is 13.1. The Hall–Kier alpha value is 0.0649. The first-order chi connectivity index (χ1) is 6.35. The molecule has 76 valence electrons. The molecule has 1 unspecified atom stereocenters. The van der Waals surface area contributed by atoms with Crippen molar-refractivity contribution in [1.29, 1.82) is 0 Å². The van der Waals surface area contributed by atoms with Gasteiger partial charge in [-0.05, 0) is 5.92 Å². The summed E-state index contributed by atoms with van der Waals surface area (Å²) in [6.45, 7) is 4.54. The molecular formula is C12H25B. The lowest BCUT2D eigenvalue weighted by Gasteiger charge is -2.15. The second kappa shape index (κ2) is 10.1. The van der Waals surface area contributed by atoms with Crippen LogP contribution in [0.4, 0.5) is 0 Å². The van der Waals surface area contributed by atoms with E-state index in [2.05, 4.69) is 13.8 Å². The van der Waals surface area contributed by atoms with Gasteiger partial charge in [-0.3, -0.25) is 0 Å². The third kappa shape index (κ3) is 8.40. The Morgan fingerprint density at radius 2 is 1.46 bits per heavy atom. The van der Waals surface area contributed by atoms with E-state index in [4.69, 9.17) is 7.85 Å². The number of hydrogen-bond acceptors (Lipinski definition) is 0. The molecule has 0 fully saturated rings. The van der Waals surface area contributed by atoms with Crippen LogP contribution in [0.1, 0.15) is 65.2 Å². The highest BCUT2D eigenvalue weighted by Gasteiger charge is 2.05. The second-order valence-electron chi connectivity index (χ2n) is 4.08. The quantitative estimate of drug-likeness (QED) is 0.365. The lowest BCUT2D eigenvalue weighted by Crippen LogP contribution is -2.00. The van der Waals surface area contributed by atoms with Crippen LogP contribution in [0.3, 0.4) is 0 Å². The molecule has 0 nitrogen and oxygen atoms in total. The van der Waals surface area contributed by atoms with Crippen molar-refractivity contribution >= 4 is 7.85 Å². The van der Waals surface area contributed by atoms with Crippen molar-refractivity contribution in [1.82, 2.24) is 0 Å². The molecule has 0 N–H and O–H groups in total. The highest BCUT2D eigenvalue weighted by atomic mass is 14.1. The molecule has 0 saturated heterocycles. The van der Waals surface area contributed by atoms with Crippen molar-refractivity contribution in [2.45, 2.75) is 71.5 Å². The first-order valence-corrected chi connectivity index (χ1v) is 6.05. The zero-order chi connectivity index (χ0) is 9.94. The summed E-state index contributed by atoms with van der Waals surface area (Å²) in [6.07, 6.45) is 11.8. The van der Waals surface area contributed by atoms with Crippen molar-refractivity contribution in [2.24, 2.45) is 5.92 Å². The predicted molar refractivity (Wildman–Crippen MR) is 62.3 cm³/mol. The average molecular weight is 180 g/mol. The maximum Gasteiger partial charge on any atom is 0.0653 e. The minimum absolute atomic E-state index is 0.876. The van der Waals surface area contributed by atoms with Crippen LogP contribution in [0.2, 0.25) is 6.32 Å². The third-order valence-corrected chi connectivity index (χ3v) is 2.76. The molecule has 1 atom stereocenters. The Bertz CT molecular complexity index is 91.1. The third-order valence-electron chi connectivity index (χ3n) is 2.76. The minimum atomic E-state index is 0.876. The summed E-state index contributed by atoms with van der Waals surface area (Å²) in [5, 5.41) is 0. The molecule has 0 saturated carbocycles. The van der Waals surface area contributed by atoms with Gasteiger partial charge in [-0.25, -0.2) is 0 Å². The van der Waals surface area contributed by atoms with E-state index in [-0.39, 0.29) is 0 Å². The standard InChI is InChI=1S/C12H25B/c1-3-5-7-9-12(10-11-13)8-6-4-2/h12H,3-11H2,1-2H3. The molecule has 13 heavy (non-hydrogen) atoms. The molecule has 0 amide bonds.